The van der Waals surface area contributed by atoms with E-state index in [0.29, 0.717) is 24.8 Å². The van der Waals surface area contributed by atoms with Gasteiger partial charge < -0.3 is 10.1 Å². The first-order chi connectivity index (χ1) is 8.15. The minimum Gasteiger partial charge on any atom is -0.382 e. The van der Waals surface area contributed by atoms with Crippen LogP contribution in [0.4, 0.5) is 0 Å². The molecule has 0 aliphatic rings. The van der Waals surface area contributed by atoms with E-state index in [1.807, 2.05) is 13.8 Å². The molecular weight excluding hydrogens is 242 g/mol. The molecule has 1 heterocycles. The second-order valence-corrected chi connectivity index (χ2v) is 4.04. The maximum atomic E-state index is 11.6. The van der Waals surface area contributed by atoms with Crippen molar-refractivity contribution in [2.45, 2.75) is 26.8 Å². The van der Waals surface area contributed by atoms with Gasteiger partial charge in [-0.1, -0.05) is 11.6 Å². The maximum Gasteiger partial charge on any atom is 0.241 e. The van der Waals surface area contributed by atoms with Crippen LogP contribution < -0.4 is 5.32 Å². The number of nitrogens with zero attached hydrogens (tertiary/aromatic N) is 2. The third-order valence-corrected chi connectivity index (χ3v) is 2.70. The van der Waals surface area contributed by atoms with Gasteiger partial charge in [-0.3, -0.25) is 9.48 Å². The van der Waals surface area contributed by atoms with Gasteiger partial charge in [-0.25, -0.2) is 0 Å². The highest BCUT2D eigenvalue weighted by atomic mass is 35.5. The fourth-order valence-electron chi connectivity index (χ4n) is 1.32. The summed E-state index contributed by atoms with van der Waals surface area (Å²) in [5.74, 6) is -0.0654. The van der Waals surface area contributed by atoms with Gasteiger partial charge in [0.25, 0.3) is 0 Å². The molecule has 17 heavy (non-hydrogen) atoms. The third kappa shape index (κ3) is 4.75. The molecule has 0 aliphatic carbocycles. The number of aromatic nitrogens is 2. The Bertz CT molecular complexity index is 366. The number of hydrogen-bond acceptors (Lipinski definition) is 3. The zero-order valence-electron chi connectivity index (χ0n) is 10.2. The van der Waals surface area contributed by atoms with Gasteiger partial charge in [-0.05, 0) is 20.3 Å². The molecule has 0 saturated carbocycles. The van der Waals surface area contributed by atoms with E-state index in [9.17, 15) is 4.79 Å². The van der Waals surface area contributed by atoms with Crippen LogP contribution in [0.1, 0.15) is 19.0 Å². The van der Waals surface area contributed by atoms with Gasteiger partial charge in [0.05, 0.1) is 16.9 Å². The molecule has 0 spiro atoms. The lowest BCUT2D eigenvalue weighted by molar-refractivity contribution is -0.121. The summed E-state index contributed by atoms with van der Waals surface area (Å²) in [6.07, 6.45) is 2.36. The van der Waals surface area contributed by atoms with Crippen LogP contribution in [0, 0.1) is 6.92 Å². The average Bonchev–Trinajstić information content (AvgIpc) is 2.61. The van der Waals surface area contributed by atoms with Crippen LogP contribution >= 0.6 is 11.6 Å². The van der Waals surface area contributed by atoms with E-state index in [2.05, 4.69) is 10.4 Å². The molecule has 1 aromatic heterocycles. The van der Waals surface area contributed by atoms with Crippen molar-refractivity contribution >= 4 is 17.5 Å². The van der Waals surface area contributed by atoms with E-state index in [1.54, 1.807) is 10.9 Å². The second-order valence-electron chi connectivity index (χ2n) is 3.64. The molecule has 1 aromatic rings. The number of rotatable bonds is 7. The highest BCUT2D eigenvalue weighted by Crippen LogP contribution is 2.12. The van der Waals surface area contributed by atoms with Crippen molar-refractivity contribution in [3.05, 3.63) is 16.9 Å². The Kier molecular flexibility index (Phi) is 6.00. The van der Waals surface area contributed by atoms with Crippen molar-refractivity contribution in [2.24, 2.45) is 0 Å². The Morgan fingerprint density at radius 2 is 2.41 bits per heavy atom. The van der Waals surface area contributed by atoms with Crippen LogP contribution in [0.3, 0.4) is 0 Å². The Morgan fingerprint density at radius 1 is 1.65 bits per heavy atom. The van der Waals surface area contributed by atoms with Crippen molar-refractivity contribution in [3.63, 3.8) is 0 Å². The number of nitrogens with one attached hydrogen (secondary N) is 1. The van der Waals surface area contributed by atoms with Crippen LogP contribution in [-0.2, 0) is 16.1 Å². The first-order valence-electron chi connectivity index (χ1n) is 5.67. The summed E-state index contributed by atoms with van der Waals surface area (Å²) < 4.78 is 6.75. The number of carbonyl (C=O) groups is 1. The van der Waals surface area contributed by atoms with Gasteiger partial charge in [0.2, 0.25) is 5.91 Å². The molecule has 0 aliphatic heterocycles. The standard InChI is InChI=1S/C11H18ClN3O2/c1-3-17-6-4-5-13-11(16)8-15-9(2)10(12)7-14-15/h7H,3-6,8H2,1-2H3,(H,13,16). The topological polar surface area (TPSA) is 56.1 Å². The Morgan fingerprint density at radius 3 is 3.00 bits per heavy atom. The summed E-state index contributed by atoms with van der Waals surface area (Å²) >= 11 is 5.84. The highest BCUT2D eigenvalue weighted by molar-refractivity contribution is 6.31. The van der Waals surface area contributed by atoms with E-state index in [1.165, 1.54) is 0 Å². The number of ether oxygens (including phenoxy) is 1. The quantitative estimate of drug-likeness (QED) is 0.753. The number of amides is 1. The van der Waals surface area contributed by atoms with Gasteiger partial charge >= 0.3 is 0 Å². The zero-order chi connectivity index (χ0) is 12.7. The molecule has 1 rings (SSSR count). The molecule has 0 radical (unpaired) electrons. The third-order valence-electron chi connectivity index (χ3n) is 2.33. The maximum absolute atomic E-state index is 11.6. The Balaban J connectivity index is 2.23. The normalized spacial score (nSPS) is 10.5. The highest BCUT2D eigenvalue weighted by Gasteiger charge is 2.07. The molecule has 1 N–H and O–H groups in total. The van der Waals surface area contributed by atoms with Crippen LogP contribution in [0.25, 0.3) is 0 Å². The largest absolute Gasteiger partial charge is 0.382 e. The first-order valence-corrected chi connectivity index (χ1v) is 6.05. The number of hydrogen-bond donors (Lipinski definition) is 1. The lowest BCUT2D eigenvalue weighted by Crippen LogP contribution is -2.29. The average molecular weight is 260 g/mol. The van der Waals surface area contributed by atoms with Gasteiger partial charge in [0, 0.05) is 19.8 Å². The molecule has 96 valence electrons. The molecule has 0 bridgehead atoms. The van der Waals surface area contributed by atoms with Crippen LogP contribution in [-0.4, -0.2) is 35.4 Å². The summed E-state index contributed by atoms with van der Waals surface area (Å²) in [6.45, 7) is 5.98. The molecule has 0 aromatic carbocycles. The summed E-state index contributed by atoms with van der Waals surface area (Å²) in [4.78, 5) is 11.6. The van der Waals surface area contributed by atoms with Crippen molar-refractivity contribution in [3.8, 4) is 0 Å². The predicted molar refractivity (Wildman–Crippen MR) is 66.1 cm³/mol. The van der Waals surface area contributed by atoms with E-state index in [-0.39, 0.29) is 12.5 Å². The number of carbonyl (C=O) groups excluding carboxylic acids is 1. The first kappa shape index (κ1) is 14.0. The molecule has 0 atom stereocenters. The lowest BCUT2D eigenvalue weighted by Gasteiger charge is -2.06. The van der Waals surface area contributed by atoms with E-state index in [4.69, 9.17) is 16.3 Å². The smallest absolute Gasteiger partial charge is 0.241 e. The van der Waals surface area contributed by atoms with Gasteiger partial charge in [0.15, 0.2) is 0 Å². The molecule has 1 amide bonds. The Hall–Kier alpha value is -1.07. The minimum atomic E-state index is -0.0654. The fraction of sp³-hybridized carbons (Fsp3) is 0.636. The van der Waals surface area contributed by atoms with Crippen molar-refractivity contribution < 1.29 is 9.53 Å². The zero-order valence-corrected chi connectivity index (χ0v) is 11.0. The van der Waals surface area contributed by atoms with Crippen LogP contribution in [0.2, 0.25) is 5.02 Å². The van der Waals surface area contributed by atoms with Gasteiger partial charge in [-0.15, -0.1) is 0 Å². The van der Waals surface area contributed by atoms with Gasteiger partial charge in [-0.2, -0.15) is 5.10 Å². The van der Waals surface area contributed by atoms with Gasteiger partial charge in [0.1, 0.15) is 6.54 Å². The Labute approximate surface area is 106 Å². The molecule has 0 saturated heterocycles. The summed E-state index contributed by atoms with van der Waals surface area (Å²) in [5, 5.41) is 7.39. The fourth-order valence-corrected chi connectivity index (χ4v) is 1.46. The minimum absolute atomic E-state index is 0.0654. The summed E-state index contributed by atoms with van der Waals surface area (Å²) in [5.41, 5.74) is 0.802. The van der Waals surface area contributed by atoms with E-state index in [0.717, 1.165) is 12.1 Å². The van der Waals surface area contributed by atoms with Crippen LogP contribution in [0.5, 0.6) is 0 Å². The number of halogens is 1. The molecule has 6 heteroatoms. The molecule has 5 nitrogen and oxygen atoms in total. The second kappa shape index (κ2) is 7.29. The SMILES string of the molecule is CCOCCCNC(=O)Cn1ncc(Cl)c1C. The predicted octanol–water partition coefficient (Wildman–Crippen LogP) is 1.39. The monoisotopic (exact) mass is 259 g/mol. The summed E-state index contributed by atoms with van der Waals surface area (Å²) in [6, 6.07) is 0. The molecule has 0 unspecified atom stereocenters. The molecule has 0 fully saturated rings. The van der Waals surface area contributed by atoms with Crippen molar-refractivity contribution in [1.82, 2.24) is 15.1 Å². The van der Waals surface area contributed by atoms with E-state index < -0.39 is 0 Å². The lowest BCUT2D eigenvalue weighted by atomic mass is 10.4. The summed E-state index contributed by atoms with van der Waals surface area (Å²) in [7, 11) is 0. The molecular formula is C11H18ClN3O2. The van der Waals surface area contributed by atoms with E-state index >= 15 is 0 Å². The van der Waals surface area contributed by atoms with Crippen molar-refractivity contribution in [1.29, 1.82) is 0 Å². The van der Waals surface area contributed by atoms with Crippen molar-refractivity contribution in [2.75, 3.05) is 19.8 Å². The van der Waals surface area contributed by atoms with Crippen LogP contribution in [0.15, 0.2) is 6.20 Å².